The Morgan fingerprint density at radius 3 is 2.62 bits per heavy atom. The minimum absolute atomic E-state index is 0.189. The van der Waals surface area contributed by atoms with Gasteiger partial charge in [-0.25, -0.2) is 0 Å². The third kappa shape index (κ3) is 4.58. The molecule has 0 radical (unpaired) electrons. The summed E-state index contributed by atoms with van der Waals surface area (Å²) in [5.41, 5.74) is 5.41. The quantitative estimate of drug-likeness (QED) is 0.456. The van der Waals surface area contributed by atoms with Crippen LogP contribution in [0.15, 0.2) is 24.3 Å². The summed E-state index contributed by atoms with van der Waals surface area (Å²) in [6.07, 6.45) is 0.796. The zero-order valence-electron chi connectivity index (χ0n) is 17.8. The molecule has 0 aliphatic heterocycles. The van der Waals surface area contributed by atoms with E-state index in [9.17, 15) is 9.59 Å². The standard InChI is InChI=1S/C23H29N3O3/c1-14(2)12-26-17(5)18(15(3)25-26)10-11-22(28)29-13-21(27)23-16(4)24-20-9-7-6-8-19(20)23/h6-9,14,24H,10-13H2,1-5H3. The molecule has 0 bridgehead atoms. The van der Waals surface area contributed by atoms with Crippen LogP contribution >= 0.6 is 0 Å². The van der Waals surface area contributed by atoms with Crippen LogP contribution in [0.4, 0.5) is 0 Å². The van der Waals surface area contributed by atoms with Crippen LogP contribution in [0.1, 0.15) is 53.3 Å². The second-order valence-electron chi connectivity index (χ2n) is 7.98. The number of nitrogens with one attached hydrogen (secondary N) is 1. The van der Waals surface area contributed by atoms with Crippen LogP contribution in [-0.2, 0) is 22.5 Å². The average Bonchev–Trinajstić information content (AvgIpc) is 3.13. The van der Waals surface area contributed by atoms with Crippen molar-refractivity contribution in [3.63, 3.8) is 0 Å². The van der Waals surface area contributed by atoms with Crippen LogP contribution in [0.2, 0.25) is 0 Å². The molecule has 0 aliphatic carbocycles. The molecule has 0 saturated heterocycles. The third-order valence-electron chi connectivity index (χ3n) is 5.19. The van der Waals surface area contributed by atoms with Gasteiger partial charge in [0.25, 0.3) is 0 Å². The number of hydrogen-bond donors (Lipinski definition) is 1. The summed E-state index contributed by atoms with van der Waals surface area (Å²) in [5.74, 6) is -0.0542. The van der Waals surface area contributed by atoms with Gasteiger partial charge in [-0.1, -0.05) is 32.0 Å². The fourth-order valence-corrected chi connectivity index (χ4v) is 3.77. The lowest BCUT2D eigenvalue weighted by Crippen LogP contribution is -2.15. The normalized spacial score (nSPS) is 11.4. The van der Waals surface area contributed by atoms with E-state index < -0.39 is 0 Å². The number of aromatic amines is 1. The fraction of sp³-hybridized carbons (Fsp3) is 0.435. The van der Waals surface area contributed by atoms with Gasteiger partial charge >= 0.3 is 5.97 Å². The van der Waals surface area contributed by atoms with Gasteiger partial charge in [-0.15, -0.1) is 0 Å². The Bertz CT molecular complexity index is 1040. The number of benzene rings is 1. The highest BCUT2D eigenvalue weighted by Crippen LogP contribution is 2.22. The zero-order valence-corrected chi connectivity index (χ0v) is 17.8. The third-order valence-corrected chi connectivity index (χ3v) is 5.19. The summed E-state index contributed by atoms with van der Waals surface area (Å²) >= 11 is 0. The topological polar surface area (TPSA) is 77.0 Å². The number of hydrogen-bond acceptors (Lipinski definition) is 4. The van der Waals surface area contributed by atoms with Crippen molar-refractivity contribution in [1.29, 1.82) is 0 Å². The molecular weight excluding hydrogens is 366 g/mol. The van der Waals surface area contributed by atoms with Crippen molar-refractivity contribution >= 4 is 22.7 Å². The predicted octanol–water partition coefficient (Wildman–Crippen LogP) is 4.30. The molecule has 6 heteroatoms. The summed E-state index contributed by atoms with van der Waals surface area (Å²) in [4.78, 5) is 28.1. The van der Waals surface area contributed by atoms with Crippen LogP contribution < -0.4 is 0 Å². The number of Topliss-reactive ketones (excluding diaryl/α,β-unsaturated/α-hetero) is 1. The fourth-order valence-electron chi connectivity index (χ4n) is 3.77. The summed E-state index contributed by atoms with van der Waals surface area (Å²) in [7, 11) is 0. The molecular formula is C23H29N3O3. The van der Waals surface area contributed by atoms with Crippen LogP contribution in [0.3, 0.4) is 0 Å². The van der Waals surface area contributed by atoms with E-state index in [1.54, 1.807) is 0 Å². The maximum atomic E-state index is 12.6. The molecule has 0 unspecified atom stereocenters. The molecule has 0 spiro atoms. The number of fused-ring (bicyclic) bond motifs is 1. The number of ketones is 1. The smallest absolute Gasteiger partial charge is 0.306 e. The minimum atomic E-state index is -0.369. The molecule has 3 rings (SSSR count). The first-order valence-electron chi connectivity index (χ1n) is 10.1. The second kappa shape index (κ2) is 8.64. The monoisotopic (exact) mass is 395 g/mol. The Labute approximate surface area is 171 Å². The lowest BCUT2D eigenvalue weighted by Gasteiger charge is -2.08. The molecule has 0 aliphatic rings. The lowest BCUT2D eigenvalue weighted by atomic mass is 10.1. The summed E-state index contributed by atoms with van der Waals surface area (Å²) in [6, 6.07) is 7.63. The van der Waals surface area contributed by atoms with Gasteiger partial charge in [-0.05, 0) is 44.7 Å². The lowest BCUT2D eigenvalue weighted by molar-refractivity contribution is -0.142. The number of aryl methyl sites for hydroxylation is 2. The van der Waals surface area contributed by atoms with Gasteiger partial charge < -0.3 is 9.72 Å². The molecule has 1 N–H and O–H groups in total. The molecule has 2 heterocycles. The summed E-state index contributed by atoms with van der Waals surface area (Å²) in [6.45, 7) is 10.8. The number of H-pyrrole nitrogens is 1. The zero-order chi connectivity index (χ0) is 21.1. The highest BCUT2D eigenvalue weighted by atomic mass is 16.5. The van der Waals surface area contributed by atoms with Gasteiger partial charge in [0.15, 0.2) is 6.61 Å². The van der Waals surface area contributed by atoms with Gasteiger partial charge in [0.05, 0.1) is 5.69 Å². The average molecular weight is 396 g/mol. The minimum Gasteiger partial charge on any atom is -0.457 e. The molecule has 0 fully saturated rings. The molecule has 0 atom stereocenters. The van der Waals surface area contributed by atoms with Gasteiger partial charge in [-0.3, -0.25) is 14.3 Å². The molecule has 6 nitrogen and oxygen atoms in total. The number of carbonyl (C=O) groups excluding carboxylic acids is 2. The number of esters is 1. The predicted molar refractivity (Wildman–Crippen MR) is 113 cm³/mol. The number of para-hydroxylation sites is 1. The Morgan fingerprint density at radius 2 is 1.90 bits per heavy atom. The number of rotatable bonds is 8. The highest BCUT2D eigenvalue weighted by Gasteiger charge is 2.18. The molecule has 0 amide bonds. The first kappa shape index (κ1) is 20.8. The Hall–Kier alpha value is -2.89. The van der Waals surface area contributed by atoms with Gasteiger partial charge in [0.2, 0.25) is 5.78 Å². The summed E-state index contributed by atoms with van der Waals surface area (Å²) < 4.78 is 7.28. The van der Waals surface area contributed by atoms with Gasteiger partial charge in [0.1, 0.15) is 0 Å². The largest absolute Gasteiger partial charge is 0.457 e. The van der Waals surface area contributed by atoms with Crippen molar-refractivity contribution < 1.29 is 14.3 Å². The highest BCUT2D eigenvalue weighted by molar-refractivity contribution is 6.10. The van der Waals surface area contributed by atoms with Crippen molar-refractivity contribution in [3.8, 4) is 0 Å². The molecule has 1 aromatic carbocycles. The summed E-state index contributed by atoms with van der Waals surface area (Å²) in [5, 5.41) is 5.44. The first-order chi connectivity index (χ1) is 13.8. The number of nitrogens with zero attached hydrogens (tertiary/aromatic N) is 2. The van der Waals surface area contributed by atoms with Crippen molar-refractivity contribution in [3.05, 3.63) is 52.5 Å². The Balaban J connectivity index is 1.59. The van der Waals surface area contributed by atoms with Crippen molar-refractivity contribution in [2.24, 2.45) is 5.92 Å². The van der Waals surface area contributed by atoms with E-state index in [1.165, 1.54) is 0 Å². The number of ether oxygens (including phenoxy) is 1. The van der Waals surface area contributed by atoms with Crippen LogP contribution in [0, 0.1) is 26.7 Å². The second-order valence-corrected chi connectivity index (χ2v) is 7.98. The van der Waals surface area contributed by atoms with Crippen molar-refractivity contribution in [2.45, 2.75) is 54.0 Å². The van der Waals surface area contributed by atoms with E-state index in [2.05, 4.69) is 23.9 Å². The van der Waals surface area contributed by atoms with E-state index in [-0.39, 0.29) is 24.8 Å². The number of aromatic nitrogens is 3. The van der Waals surface area contributed by atoms with E-state index >= 15 is 0 Å². The van der Waals surface area contributed by atoms with Crippen LogP contribution in [0.5, 0.6) is 0 Å². The number of carbonyl (C=O) groups is 2. The molecule has 0 saturated carbocycles. The van der Waals surface area contributed by atoms with Gasteiger partial charge in [0, 0.05) is 40.8 Å². The Morgan fingerprint density at radius 1 is 1.17 bits per heavy atom. The molecule has 2 aromatic heterocycles. The maximum absolute atomic E-state index is 12.6. The Kier molecular flexibility index (Phi) is 6.20. The molecule has 154 valence electrons. The van der Waals surface area contributed by atoms with E-state index in [0.717, 1.165) is 40.1 Å². The van der Waals surface area contributed by atoms with E-state index in [4.69, 9.17) is 4.74 Å². The van der Waals surface area contributed by atoms with Gasteiger partial charge in [-0.2, -0.15) is 5.10 Å². The van der Waals surface area contributed by atoms with Crippen LogP contribution in [-0.4, -0.2) is 33.1 Å². The molecule has 3 aromatic rings. The maximum Gasteiger partial charge on any atom is 0.306 e. The SMILES string of the molecule is Cc1nn(CC(C)C)c(C)c1CCC(=O)OCC(=O)c1c(C)[nH]c2ccccc12. The van der Waals surface area contributed by atoms with Crippen LogP contribution in [0.25, 0.3) is 10.9 Å². The van der Waals surface area contributed by atoms with Crippen molar-refractivity contribution in [1.82, 2.24) is 14.8 Å². The van der Waals surface area contributed by atoms with E-state index in [0.29, 0.717) is 17.9 Å². The van der Waals surface area contributed by atoms with Crippen molar-refractivity contribution in [2.75, 3.05) is 6.61 Å². The van der Waals surface area contributed by atoms with E-state index in [1.807, 2.05) is 49.7 Å². The molecule has 29 heavy (non-hydrogen) atoms. The first-order valence-corrected chi connectivity index (χ1v) is 10.1.